The summed E-state index contributed by atoms with van der Waals surface area (Å²) in [5.74, 6) is 1.56. The molecule has 4 nitrogen and oxygen atoms in total. The second kappa shape index (κ2) is 6.09. The molecule has 2 heterocycles. The van der Waals surface area contributed by atoms with Gasteiger partial charge in [0.05, 0.1) is 11.7 Å². The molecule has 3 aliphatic carbocycles. The van der Waals surface area contributed by atoms with Crippen molar-refractivity contribution in [3.8, 4) is 0 Å². The smallest absolute Gasteiger partial charge is 0.333 e. The van der Waals surface area contributed by atoms with E-state index in [0.717, 1.165) is 24.7 Å². The molecular weight excluding hydrogens is 364 g/mol. The second-order valence-electron chi connectivity index (χ2n) is 12.2. The van der Waals surface area contributed by atoms with Crippen molar-refractivity contribution in [2.75, 3.05) is 0 Å². The summed E-state index contributed by atoms with van der Waals surface area (Å²) < 4.78 is 11.6. The Kier molecular flexibility index (Phi) is 4.22. The normalized spacial score (nSPS) is 53.5. The average molecular weight is 403 g/mol. The minimum absolute atomic E-state index is 0.171. The molecule has 8 atom stereocenters. The first kappa shape index (κ1) is 20.1. The predicted molar refractivity (Wildman–Crippen MR) is 111 cm³/mol. The Labute approximate surface area is 175 Å². The van der Waals surface area contributed by atoms with Crippen molar-refractivity contribution in [2.24, 2.45) is 34.0 Å². The molecule has 4 heteroatoms. The molecular formula is C25H38O4. The quantitative estimate of drug-likeness (QED) is 0.628. The van der Waals surface area contributed by atoms with Crippen LogP contribution in [-0.2, 0) is 14.3 Å². The largest absolute Gasteiger partial charge is 0.429 e. The van der Waals surface area contributed by atoms with E-state index in [1.165, 1.54) is 44.6 Å². The van der Waals surface area contributed by atoms with Crippen molar-refractivity contribution in [3.05, 3.63) is 11.6 Å². The molecule has 0 radical (unpaired) electrons. The van der Waals surface area contributed by atoms with E-state index >= 15 is 0 Å². The summed E-state index contributed by atoms with van der Waals surface area (Å²) >= 11 is 0. The minimum atomic E-state index is -1.13. The van der Waals surface area contributed by atoms with E-state index in [1.54, 1.807) is 0 Å². The summed E-state index contributed by atoms with van der Waals surface area (Å²) in [6.45, 7) is 12.4. The van der Waals surface area contributed by atoms with Crippen LogP contribution in [0.3, 0.4) is 0 Å². The van der Waals surface area contributed by atoms with Crippen LogP contribution in [0.2, 0.25) is 0 Å². The molecule has 4 unspecified atom stereocenters. The van der Waals surface area contributed by atoms with Crippen molar-refractivity contribution in [1.82, 2.24) is 0 Å². The molecule has 0 amide bonds. The van der Waals surface area contributed by atoms with E-state index in [2.05, 4.69) is 34.6 Å². The molecule has 5 aliphatic rings. The molecule has 0 aromatic heterocycles. The van der Waals surface area contributed by atoms with Gasteiger partial charge in [-0.15, -0.1) is 0 Å². The lowest BCUT2D eigenvalue weighted by Crippen LogP contribution is -2.61. The zero-order chi connectivity index (χ0) is 20.8. The fourth-order valence-corrected chi connectivity index (χ4v) is 9.19. The predicted octanol–water partition coefficient (Wildman–Crippen LogP) is 4.99. The van der Waals surface area contributed by atoms with Gasteiger partial charge in [0, 0.05) is 11.6 Å². The molecule has 0 aromatic rings. The molecule has 0 bridgehead atoms. The van der Waals surface area contributed by atoms with Crippen LogP contribution in [0.15, 0.2) is 11.6 Å². The van der Waals surface area contributed by atoms with E-state index < -0.39 is 12.3 Å². The Morgan fingerprint density at radius 2 is 1.62 bits per heavy atom. The van der Waals surface area contributed by atoms with Gasteiger partial charge in [-0.3, -0.25) is 0 Å². The van der Waals surface area contributed by atoms with Crippen molar-refractivity contribution in [2.45, 2.75) is 104 Å². The number of ether oxygens (including phenoxy) is 2. The van der Waals surface area contributed by atoms with Gasteiger partial charge in [0.1, 0.15) is 0 Å². The summed E-state index contributed by atoms with van der Waals surface area (Å²) in [6, 6.07) is 0. The van der Waals surface area contributed by atoms with Crippen LogP contribution in [0.4, 0.5) is 0 Å². The van der Waals surface area contributed by atoms with E-state index in [4.69, 9.17) is 9.47 Å². The number of aliphatic hydroxyl groups excluding tert-OH is 1. The Hall–Kier alpha value is -0.870. The molecule has 1 N–H and O–H groups in total. The van der Waals surface area contributed by atoms with E-state index in [-0.39, 0.29) is 17.1 Å². The van der Waals surface area contributed by atoms with Gasteiger partial charge in [-0.1, -0.05) is 34.1 Å². The van der Waals surface area contributed by atoms with Crippen LogP contribution in [0.5, 0.6) is 0 Å². The lowest BCUT2D eigenvalue weighted by atomic mass is 9.38. The number of esters is 1. The molecule has 3 saturated carbocycles. The maximum Gasteiger partial charge on any atom is 0.333 e. The molecule has 0 aromatic carbocycles. The van der Waals surface area contributed by atoms with Gasteiger partial charge in [-0.05, 0) is 85.9 Å². The van der Waals surface area contributed by atoms with Crippen molar-refractivity contribution >= 4 is 5.97 Å². The molecule has 5 rings (SSSR count). The number of fused-ring (bicyclic) bond motifs is 5. The van der Waals surface area contributed by atoms with Crippen LogP contribution in [0, 0.1) is 34.0 Å². The maximum absolute atomic E-state index is 11.7. The highest BCUT2D eigenvalue weighted by atomic mass is 16.6. The number of aliphatic hydroxyl groups is 1. The lowest BCUT2D eigenvalue weighted by molar-refractivity contribution is -0.199. The average Bonchev–Trinajstić information content (AvgIpc) is 3.13. The number of carbonyl (C=O) groups is 1. The molecule has 4 fully saturated rings. The topological polar surface area (TPSA) is 55.8 Å². The van der Waals surface area contributed by atoms with Gasteiger partial charge in [0.2, 0.25) is 6.29 Å². The molecule has 1 saturated heterocycles. The third-order valence-electron chi connectivity index (χ3n) is 10.3. The Balaban J connectivity index is 1.48. The van der Waals surface area contributed by atoms with Gasteiger partial charge < -0.3 is 14.6 Å². The number of cyclic esters (lactones) is 1. The fourth-order valence-electron chi connectivity index (χ4n) is 9.19. The summed E-state index contributed by atoms with van der Waals surface area (Å²) in [5.41, 5.74) is 1.58. The fraction of sp³-hybridized carbons (Fsp3) is 0.880. The first-order chi connectivity index (χ1) is 13.5. The lowest BCUT2D eigenvalue weighted by Gasteiger charge is -2.67. The Bertz CT molecular complexity index is 756. The van der Waals surface area contributed by atoms with Gasteiger partial charge in [0.15, 0.2) is 0 Å². The second-order valence-corrected chi connectivity index (χ2v) is 12.2. The zero-order valence-electron chi connectivity index (χ0n) is 18.8. The van der Waals surface area contributed by atoms with E-state index in [1.807, 2.05) is 0 Å². The number of hydrogen-bond donors (Lipinski definition) is 1. The molecule has 162 valence electrons. The zero-order valence-corrected chi connectivity index (χ0v) is 18.8. The van der Waals surface area contributed by atoms with Crippen LogP contribution < -0.4 is 0 Å². The number of rotatable bonds is 1. The summed E-state index contributed by atoms with van der Waals surface area (Å²) in [5, 5.41) is 10.2. The van der Waals surface area contributed by atoms with Gasteiger partial charge >= 0.3 is 5.97 Å². The summed E-state index contributed by atoms with van der Waals surface area (Å²) in [6.07, 6.45) is 10.0. The summed E-state index contributed by atoms with van der Waals surface area (Å²) in [7, 11) is 0. The Morgan fingerprint density at radius 1 is 0.931 bits per heavy atom. The van der Waals surface area contributed by atoms with E-state index in [0.29, 0.717) is 22.3 Å². The first-order valence-electron chi connectivity index (χ1n) is 11.8. The van der Waals surface area contributed by atoms with Crippen molar-refractivity contribution in [3.63, 3.8) is 0 Å². The Morgan fingerprint density at radius 3 is 2.31 bits per heavy atom. The van der Waals surface area contributed by atoms with E-state index in [9.17, 15) is 9.90 Å². The minimum Gasteiger partial charge on any atom is -0.429 e. The molecule has 2 aliphatic heterocycles. The van der Waals surface area contributed by atoms with Gasteiger partial charge in [-0.25, -0.2) is 4.79 Å². The standard InChI is InChI=1S/C25H38O4/c1-22(2)9-6-10-23(3)17(22)7-11-24(4)18(23)8-12-25(5)19(24)14-16(29-25)15-13-20(26)28-21(15)27/h13,16-19,21,27H,6-12,14H2,1-5H3/t16-,17?,18?,19?,21?,23+,24-,25+/m1/s1. The van der Waals surface area contributed by atoms with Gasteiger partial charge in [-0.2, -0.15) is 0 Å². The highest BCUT2D eigenvalue weighted by molar-refractivity contribution is 5.85. The van der Waals surface area contributed by atoms with Crippen LogP contribution in [-0.4, -0.2) is 29.1 Å². The third kappa shape index (κ3) is 2.67. The van der Waals surface area contributed by atoms with Crippen LogP contribution in [0.1, 0.15) is 86.0 Å². The highest BCUT2D eigenvalue weighted by Crippen LogP contribution is 2.71. The first-order valence-corrected chi connectivity index (χ1v) is 11.8. The van der Waals surface area contributed by atoms with Crippen molar-refractivity contribution in [1.29, 1.82) is 0 Å². The molecule has 0 spiro atoms. The van der Waals surface area contributed by atoms with Gasteiger partial charge in [0.25, 0.3) is 0 Å². The number of carbonyl (C=O) groups excluding carboxylic acids is 1. The van der Waals surface area contributed by atoms with Crippen molar-refractivity contribution < 1.29 is 19.4 Å². The highest BCUT2D eigenvalue weighted by Gasteiger charge is 2.66. The maximum atomic E-state index is 11.7. The summed E-state index contributed by atoms with van der Waals surface area (Å²) in [4.78, 5) is 11.7. The monoisotopic (exact) mass is 402 g/mol. The van der Waals surface area contributed by atoms with Crippen LogP contribution in [0.25, 0.3) is 0 Å². The number of hydrogen-bond acceptors (Lipinski definition) is 4. The van der Waals surface area contributed by atoms with Crippen LogP contribution >= 0.6 is 0 Å². The SMILES string of the molecule is CC1(C)CCC[C@@]2(C)C1CC[C@]1(C)C2CC[C@]2(C)O[C@@H](C3=CC(=O)OC3O)CC12. The molecule has 29 heavy (non-hydrogen) atoms. The third-order valence-corrected chi connectivity index (χ3v) is 10.3.